The lowest BCUT2D eigenvalue weighted by atomic mass is 10.0. The van der Waals surface area contributed by atoms with Gasteiger partial charge in [0.25, 0.3) is 5.91 Å². The van der Waals surface area contributed by atoms with Crippen molar-refractivity contribution in [2.24, 2.45) is 5.84 Å². The normalized spacial score (nSPS) is 15.1. The zero-order valence-electron chi connectivity index (χ0n) is 12.5. The molecule has 2 N–H and O–H groups in total. The number of carbonyl (C=O) groups excluding carboxylic acids is 2. The van der Waals surface area contributed by atoms with Gasteiger partial charge in [-0.15, -0.1) is 0 Å². The van der Waals surface area contributed by atoms with Crippen molar-refractivity contribution in [3.8, 4) is 0 Å². The first-order valence-electron chi connectivity index (χ1n) is 7.44. The Labute approximate surface area is 125 Å². The molecule has 1 saturated heterocycles. The molecule has 1 amide bonds. The van der Waals surface area contributed by atoms with Gasteiger partial charge in [-0.1, -0.05) is 18.2 Å². The van der Waals surface area contributed by atoms with Crippen LogP contribution in [0.3, 0.4) is 0 Å². The third-order valence-electron chi connectivity index (χ3n) is 3.80. The number of hydrogen-bond acceptors (Lipinski definition) is 4. The second kappa shape index (κ2) is 7.33. The smallest absolute Gasteiger partial charge is 0.268 e. The van der Waals surface area contributed by atoms with Crippen LogP contribution in [0.2, 0.25) is 0 Å². The Hall–Kier alpha value is -1.72. The van der Waals surface area contributed by atoms with E-state index >= 15 is 0 Å². The predicted molar refractivity (Wildman–Crippen MR) is 81.7 cm³/mol. The molecule has 0 radical (unpaired) electrons. The fraction of sp³-hybridized carbons (Fsp3) is 0.500. The van der Waals surface area contributed by atoms with E-state index in [4.69, 9.17) is 5.84 Å². The number of rotatable bonds is 6. The van der Waals surface area contributed by atoms with Crippen molar-refractivity contribution in [2.75, 3.05) is 26.2 Å². The highest BCUT2D eigenvalue weighted by Crippen LogP contribution is 2.12. The van der Waals surface area contributed by atoms with Crippen LogP contribution in [0, 0.1) is 0 Å². The van der Waals surface area contributed by atoms with Crippen LogP contribution >= 0.6 is 0 Å². The van der Waals surface area contributed by atoms with Gasteiger partial charge in [-0.3, -0.25) is 14.6 Å². The summed E-state index contributed by atoms with van der Waals surface area (Å²) in [6.07, 6.45) is 2.71. The van der Waals surface area contributed by atoms with Crippen molar-refractivity contribution >= 4 is 11.7 Å². The molecule has 0 aromatic heterocycles. The molecule has 1 aliphatic rings. The molecule has 5 nitrogen and oxygen atoms in total. The van der Waals surface area contributed by atoms with Crippen LogP contribution in [0.4, 0.5) is 0 Å². The van der Waals surface area contributed by atoms with E-state index in [1.165, 1.54) is 24.8 Å². The van der Waals surface area contributed by atoms with Crippen molar-refractivity contribution in [3.63, 3.8) is 0 Å². The standard InChI is InChI=1S/C16H23N3O2/c1-13(20)12-14-6-2-3-7-15(14)16(21)19(17)11-10-18-8-4-5-9-18/h2-3,6-7H,4-5,8-12,17H2,1H3. The number of benzene rings is 1. The van der Waals surface area contributed by atoms with Gasteiger partial charge in [-0.05, 0) is 44.5 Å². The van der Waals surface area contributed by atoms with Crippen LogP contribution in [-0.2, 0) is 11.2 Å². The fourth-order valence-corrected chi connectivity index (χ4v) is 2.66. The van der Waals surface area contributed by atoms with Gasteiger partial charge < -0.3 is 4.90 Å². The minimum Gasteiger partial charge on any atom is -0.302 e. The lowest BCUT2D eigenvalue weighted by molar-refractivity contribution is -0.116. The molecule has 2 rings (SSSR count). The molecule has 0 bridgehead atoms. The van der Waals surface area contributed by atoms with Gasteiger partial charge in [0.2, 0.25) is 0 Å². The highest BCUT2D eigenvalue weighted by atomic mass is 16.2. The maximum Gasteiger partial charge on any atom is 0.268 e. The van der Waals surface area contributed by atoms with Crippen LogP contribution in [0.1, 0.15) is 35.7 Å². The summed E-state index contributed by atoms with van der Waals surface area (Å²) in [4.78, 5) is 26.0. The number of ketones is 1. The zero-order valence-corrected chi connectivity index (χ0v) is 12.5. The Balaban J connectivity index is 1.99. The van der Waals surface area contributed by atoms with Crippen molar-refractivity contribution in [1.82, 2.24) is 9.91 Å². The summed E-state index contributed by atoms with van der Waals surface area (Å²) in [5.74, 6) is 5.72. The number of nitrogens with two attached hydrogens (primary N) is 1. The molecule has 1 aromatic carbocycles. The second-order valence-electron chi connectivity index (χ2n) is 5.58. The molecular formula is C16H23N3O2. The van der Waals surface area contributed by atoms with Gasteiger partial charge in [0.1, 0.15) is 5.78 Å². The van der Waals surface area contributed by atoms with E-state index in [-0.39, 0.29) is 18.1 Å². The van der Waals surface area contributed by atoms with E-state index in [1.807, 2.05) is 12.1 Å². The molecule has 0 unspecified atom stereocenters. The van der Waals surface area contributed by atoms with Crippen LogP contribution in [0.15, 0.2) is 24.3 Å². The third kappa shape index (κ3) is 4.37. The number of likely N-dealkylation sites (tertiary alicyclic amines) is 1. The number of Topliss-reactive ketones (excluding diaryl/α,β-unsaturated/α-hetero) is 1. The Bertz CT molecular complexity index is 510. The minimum absolute atomic E-state index is 0.0379. The molecule has 1 aliphatic heterocycles. The molecule has 0 aliphatic carbocycles. The molecule has 1 heterocycles. The molecule has 0 spiro atoms. The molecule has 21 heavy (non-hydrogen) atoms. The van der Waals surface area contributed by atoms with E-state index in [1.54, 1.807) is 12.1 Å². The maximum atomic E-state index is 12.4. The first kappa shape index (κ1) is 15.7. The van der Waals surface area contributed by atoms with Crippen LogP contribution < -0.4 is 5.84 Å². The van der Waals surface area contributed by atoms with Crippen molar-refractivity contribution in [1.29, 1.82) is 0 Å². The van der Waals surface area contributed by atoms with E-state index < -0.39 is 0 Å². The largest absolute Gasteiger partial charge is 0.302 e. The summed E-state index contributed by atoms with van der Waals surface area (Å²) in [5.41, 5.74) is 1.27. The fourth-order valence-electron chi connectivity index (χ4n) is 2.66. The molecular weight excluding hydrogens is 266 g/mol. The van der Waals surface area contributed by atoms with Gasteiger partial charge in [-0.25, -0.2) is 5.84 Å². The number of nitrogens with zero attached hydrogens (tertiary/aromatic N) is 2. The highest BCUT2D eigenvalue weighted by molar-refractivity contribution is 5.96. The maximum absolute atomic E-state index is 12.4. The van der Waals surface area contributed by atoms with Crippen LogP contribution in [0.25, 0.3) is 0 Å². The predicted octanol–water partition coefficient (Wildman–Crippen LogP) is 1.23. The second-order valence-corrected chi connectivity index (χ2v) is 5.58. The van der Waals surface area contributed by atoms with Gasteiger partial charge in [0.15, 0.2) is 0 Å². The summed E-state index contributed by atoms with van der Waals surface area (Å²) in [6, 6.07) is 7.17. The first-order valence-corrected chi connectivity index (χ1v) is 7.44. The Morgan fingerprint density at radius 3 is 2.57 bits per heavy atom. The lowest BCUT2D eigenvalue weighted by Gasteiger charge is -2.22. The van der Waals surface area contributed by atoms with Crippen LogP contribution in [0.5, 0.6) is 0 Å². The van der Waals surface area contributed by atoms with Crippen molar-refractivity contribution in [2.45, 2.75) is 26.2 Å². The van der Waals surface area contributed by atoms with E-state index in [0.29, 0.717) is 12.1 Å². The zero-order chi connectivity index (χ0) is 15.2. The molecule has 0 atom stereocenters. The average molecular weight is 289 g/mol. The quantitative estimate of drug-likeness (QED) is 0.486. The number of amides is 1. The molecule has 1 fully saturated rings. The lowest BCUT2D eigenvalue weighted by Crippen LogP contribution is -2.42. The van der Waals surface area contributed by atoms with Crippen LogP contribution in [-0.4, -0.2) is 47.8 Å². The van der Waals surface area contributed by atoms with Crippen molar-refractivity contribution < 1.29 is 9.59 Å². The number of carbonyl (C=O) groups is 2. The SMILES string of the molecule is CC(=O)Cc1ccccc1C(=O)N(N)CCN1CCCC1. The summed E-state index contributed by atoms with van der Waals surface area (Å²) < 4.78 is 0. The molecule has 1 aromatic rings. The number of hydrazine groups is 1. The van der Waals surface area contributed by atoms with Crippen molar-refractivity contribution in [3.05, 3.63) is 35.4 Å². The molecule has 0 saturated carbocycles. The summed E-state index contributed by atoms with van der Waals surface area (Å²) in [5, 5.41) is 1.26. The Morgan fingerprint density at radius 1 is 1.24 bits per heavy atom. The summed E-state index contributed by atoms with van der Waals surface area (Å²) in [7, 11) is 0. The van der Waals surface area contributed by atoms with E-state index in [2.05, 4.69) is 4.90 Å². The molecule has 5 heteroatoms. The monoisotopic (exact) mass is 289 g/mol. The van der Waals surface area contributed by atoms with E-state index in [9.17, 15) is 9.59 Å². The molecule has 114 valence electrons. The van der Waals surface area contributed by atoms with Gasteiger partial charge >= 0.3 is 0 Å². The minimum atomic E-state index is -0.217. The Morgan fingerprint density at radius 2 is 1.90 bits per heavy atom. The van der Waals surface area contributed by atoms with Gasteiger partial charge in [0.05, 0.1) is 6.54 Å². The summed E-state index contributed by atoms with van der Waals surface area (Å²) >= 11 is 0. The average Bonchev–Trinajstić information content (AvgIpc) is 2.97. The Kier molecular flexibility index (Phi) is 5.47. The third-order valence-corrected chi connectivity index (χ3v) is 3.80. The summed E-state index contributed by atoms with van der Waals surface area (Å²) in [6.45, 7) is 5.01. The number of hydrogen-bond donors (Lipinski definition) is 1. The highest BCUT2D eigenvalue weighted by Gasteiger charge is 2.18. The first-order chi connectivity index (χ1) is 10.1. The van der Waals surface area contributed by atoms with E-state index in [0.717, 1.165) is 25.2 Å². The van der Waals surface area contributed by atoms with Gasteiger partial charge in [0, 0.05) is 18.5 Å². The topological polar surface area (TPSA) is 66.6 Å². The van der Waals surface area contributed by atoms with Gasteiger partial charge in [-0.2, -0.15) is 0 Å².